The van der Waals surface area contributed by atoms with E-state index in [0.717, 1.165) is 16.9 Å². The zero-order chi connectivity index (χ0) is 18.0. The van der Waals surface area contributed by atoms with E-state index in [2.05, 4.69) is 20.8 Å². The molecule has 0 unspecified atom stereocenters. The summed E-state index contributed by atoms with van der Waals surface area (Å²) < 4.78 is 3.47. The molecule has 0 aliphatic carbocycles. The van der Waals surface area contributed by atoms with Gasteiger partial charge in [-0.25, -0.2) is 0 Å². The summed E-state index contributed by atoms with van der Waals surface area (Å²) in [5.74, 6) is 0.627. The predicted molar refractivity (Wildman–Crippen MR) is 106 cm³/mol. The number of hydrogen-bond donors (Lipinski definition) is 2. The molecule has 1 aromatic carbocycles. The standard InChI is InChI=1S/C16H16Cl2N6S/c1-10-14(9-23(2)21-10)19-16(25)20-15-6-7-24(22-15)8-11-12(17)4-3-5-13(11)18/h3-7,9H,8H2,1-2H3,(H2,19,20,22,25). The Balaban J connectivity index is 1.65. The molecule has 0 aliphatic heterocycles. The largest absolute Gasteiger partial charge is 0.330 e. The number of hydrogen-bond acceptors (Lipinski definition) is 3. The Hall–Kier alpha value is -2.09. The molecule has 130 valence electrons. The second-order valence-corrected chi connectivity index (χ2v) is 6.70. The second-order valence-electron chi connectivity index (χ2n) is 5.48. The summed E-state index contributed by atoms with van der Waals surface area (Å²) in [5, 5.41) is 16.5. The molecule has 0 saturated heterocycles. The molecule has 0 amide bonds. The molecule has 0 spiro atoms. The Bertz CT molecular complexity index is 897. The van der Waals surface area contributed by atoms with Crippen molar-refractivity contribution < 1.29 is 0 Å². The average molecular weight is 395 g/mol. The predicted octanol–water partition coefficient (Wildman–Crippen LogP) is 4.09. The molecule has 0 atom stereocenters. The SMILES string of the molecule is Cc1nn(C)cc1NC(=S)Nc1ccn(Cc2c(Cl)cccc2Cl)n1. The van der Waals surface area contributed by atoms with Crippen molar-refractivity contribution in [1.82, 2.24) is 19.6 Å². The first-order valence-corrected chi connectivity index (χ1v) is 8.63. The van der Waals surface area contributed by atoms with Crippen LogP contribution in [0.15, 0.2) is 36.7 Å². The summed E-state index contributed by atoms with van der Waals surface area (Å²) in [7, 11) is 1.86. The van der Waals surface area contributed by atoms with Crippen LogP contribution >= 0.6 is 35.4 Å². The fraction of sp³-hybridized carbons (Fsp3) is 0.188. The van der Waals surface area contributed by atoms with Gasteiger partial charge in [-0.3, -0.25) is 9.36 Å². The van der Waals surface area contributed by atoms with Crippen LogP contribution < -0.4 is 10.6 Å². The van der Waals surface area contributed by atoms with Gasteiger partial charge in [0.2, 0.25) is 0 Å². The van der Waals surface area contributed by atoms with Crippen molar-refractivity contribution in [2.45, 2.75) is 13.5 Å². The highest BCUT2D eigenvalue weighted by Gasteiger charge is 2.09. The molecule has 2 N–H and O–H groups in total. The molecule has 3 rings (SSSR count). The fourth-order valence-corrected chi connectivity index (χ4v) is 3.09. The van der Waals surface area contributed by atoms with Gasteiger partial charge < -0.3 is 10.6 Å². The van der Waals surface area contributed by atoms with Gasteiger partial charge in [0, 0.05) is 41.1 Å². The molecule has 0 aliphatic rings. The zero-order valence-corrected chi connectivity index (χ0v) is 16.0. The van der Waals surface area contributed by atoms with Crippen LogP contribution in [0.25, 0.3) is 0 Å². The van der Waals surface area contributed by atoms with Crippen LogP contribution in [0.3, 0.4) is 0 Å². The monoisotopic (exact) mass is 394 g/mol. The van der Waals surface area contributed by atoms with Gasteiger partial charge in [0.1, 0.15) is 0 Å². The summed E-state index contributed by atoms with van der Waals surface area (Å²) in [6.45, 7) is 2.38. The molecule has 2 heterocycles. The summed E-state index contributed by atoms with van der Waals surface area (Å²) >= 11 is 17.7. The van der Waals surface area contributed by atoms with Crippen LogP contribution in [0, 0.1) is 6.92 Å². The molecule has 25 heavy (non-hydrogen) atoms. The molecule has 9 heteroatoms. The minimum absolute atomic E-state index is 0.442. The minimum Gasteiger partial charge on any atom is -0.330 e. The number of rotatable bonds is 4. The lowest BCUT2D eigenvalue weighted by atomic mass is 10.2. The summed E-state index contributed by atoms with van der Waals surface area (Å²) in [5.41, 5.74) is 2.54. The van der Waals surface area contributed by atoms with Crippen molar-refractivity contribution in [2.75, 3.05) is 10.6 Å². The number of nitrogens with zero attached hydrogens (tertiary/aromatic N) is 4. The summed E-state index contributed by atoms with van der Waals surface area (Å²) in [6, 6.07) is 7.25. The van der Waals surface area contributed by atoms with Gasteiger partial charge in [-0.2, -0.15) is 10.2 Å². The molecule has 0 radical (unpaired) electrons. The highest BCUT2D eigenvalue weighted by molar-refractivity contribution is 7.80. The van der Waals surface area contributed by atoms with Crippen LogP contribution in [0.2, 0.25) is 10.0 Å². The first-order chi connectivity index (χ1) is 11.9. The summed E-state index contributed by atoms with van der Waals surface area (Å²) in [4.78, 5) is 0. The third kappa shape index (κ3) is 4.31. The molecule has 0 fully saturated rings. The highest BCUT2D eigenvalue weighted by Crippen LogP contribution is 2.25. The molecular weight excluding hydrogens is 379 g/mol. The number of thiocarbonyl (C=S) groups is 1. The molecular formula is C16H16Cl2N6S. The van der Waals surface area contributed by atoms with E-state index in [1.54, 1.807) is 21.5 Å². The molecule has 6 nitrogen and oxygen atoms in total. The van der Waals surface area contributed by atoms with Crippen molar-refractivity contribution in [2.24, 2.45) is 7.05 Å². The number of benzene rings is 1. The fourth-order valence-electron chi connectivity index (χ4n) is 2.35. The van der Waals surface area contributed by atoms with Crippen LogP contribution in [0.5, 0.6) is 0 Å². The van der Waals surface area contributed by atoms with Gasteiger partial charge in [-0.05, 0) is 31.3 Å². The maximum atomic E-state index is 6.20. The van der Waals surface area contributed by atoms with Gasteiger partial charge in [0.25, 0.3) is 0 Å². The Morgan fingerprint density at radius 1 is 1.16 bits per heavy atom. The van der Waals surface area contributed by atoms with Crippen LogP contribution in [-0.2, 0) is 13.6 Å². The van der Waals surface area contributed by atoms with E-state index in [-0.39, 0.29) is 0 Å². The van der Waals surface area contributed by atoms with E-state index in [1.165, 1.54) is 0 Å². The number of nitrogens with one attached hydrogen (secondary N) is 2. The van der Waals surface area contributed by atoms with Crippen molar-refractivity contribution in [3.8, 4) is 0 Å². The first-order valence-electron chi connectivity index (χ1n) is 7.47. The smallest absolute Gasteiger partial charge is 0.176 e. The first kappa shape index (κ1) is 17.7. The van der Waals surface area contributed by atoms with Crippen molar-refractivity contribution in [1.29, 1.82) is 0 Å². The summed E-state index contributed by atoms with van der Waals surface area (Å²) in [6.07, 6.45) is 3.70. The van der Waals surface area contributed by atoms with Crippen LogP contribution in [0.1, 0.15) is 11.3 Å². The van der Waals surface area contributed by atoms with E-state index in [4.69, 9.17) is 35.4 Å². The number of halogens is 2. The van der Waals surface area contributed by atoms with E-state index in [1.807, 2.05) is 38.5 Å². The molecule has 0 saturated carbocycles. The molecule has 2 aromatic heterocycles. The normalized spacial score (nSPS) is 10.7. The van der Waals surface area contributed by atoms with Gasteiger partial charge in [-0.15, -0.1) is 0 Å². The average Bonchev–Trinajstić information content (AvgIpc) is 3.09. The molecule has 3 aromatic rings. The lowest BCUT2D eigenvalue weighted by molar-refractivity contribution is 0.690. The highest BCUT2D eigenvalue weighted by atomic mass is 35.5. The molecule has 0 bridgehead atoms. The third-order valence-corrected chi connectivity index (χ3v) is 4.44. The maximum absolute atomic E-state index is 6.20. The van der Waals surface area contributed by atoms with Gasteiger partial charge in [-0.1, -0.05) is 29.3 Å². The lowest BCUT2D eigenvalue weighted by Crippen LogP contribution is -2.19. The maximum Gasteiger partial charge on any atom is 0.176 e. The van der Waals surface area contributed by atoms with E-state index >= 15 is 0 Å². The Kier molecular flexibility index (Phi) is 5.27. The Morgan fingerprint density at radius 3 is 2.52 bits per heavy atom. The lowest BCUT2D eigenvalue weighted by Gasteiger charge is -2.08. The Morgan fingerprint density at radius 2 is 1.88 bits per heavy atom. The van der Waals surface area contributed by atoms with Gasteiger partial charge in [0.05, 0.1) is 17.9 Å². The van der Waals surface area contributed by atoms with Crippen molar-refractivity contribution >= 4 is 52.0 Å². The topological polar surface area (TPSA) is 59.7 Å². The zero-order valence-electron chi connectivity index (χ0n) is 13.6. The minimum atomic E-state index is 0.442. The quantitative estimate of drug-likeness (QED) is 0.652. The second kappa shape index (κ2) is 7.43. The van der Waals surface area contributed by atoms with E-state index in [0.29, 0.717) is 27.5 Å². The van der Waals surface area contributed by atoms with Crippen LogP contribution in [0.4, 0.5) is 11.5 Å². The third-order valence-electron chi connectivity index (χ3n) is 3.53. The van der Waals surface area contributed by atoms with Crippen molar-refractivity contribution in [3.63, 3.8) is 0 Å². The Labute approximate surface area is 160 Å². The van der Waals surface area contributed by atoms with Gasteiger partial charge >= 0.3 is 0 Å². The van der Waals surface area contributed by atoms with Gasteiger partial charge in [0.15, 0.2) is 10.9 Å². The van der Waals surface area contributed by atoms with Crippen LogP contribution in [-0.4, -0.2) is 24.7 Å². The number of anilines is 2. The van der Waals surface area contributed by atoms with E-state index < -0.39 is 0 Å². The number of aryl methyl sites for hydroxylation is 2. The van der Waals surface area contributed by atoms with E-state index in [9.17, 15) is 0 Å². The van der Waals surface area contributed by atoms with Crippen molar-refractivity contribution in [3.05, 3.63) is 58.0 Å². The number of aromatic nitrogens is 4.